The summed E-state index contributed by atoms with van der Waals surface area (Å²) in [6.07, 6.45) is 11.3. The number of unbranched alkanes of at least 4 members (excludes halogenated alkanes) is 3. The average molecular weight is 491 g/mol. The predicted octanol–water partition coefficient (Wildman–Crippen LogP) is 9.91. The first-order valence-corrected chi connectivity index (χ1v) is 13.3. The number of carbonyl (C=O) groups excluding carboxylic acids is 1. The molecule has 2 rings (SSSR count). The van der Waals surface area contributed by atoms with Gasteiger partial charge in [-0.3, -0.25) is 4.79 Å². The van der Waals surface area contributed by atoms with Gasteiger partial charge in [0.15, 0.2) is 17.3 Å². The zero-order valence-corrected chi connectivity index (χ0v) is 24.8. The summed E-state index contributed by atoms with van der Waals surface area (Å²) in [5, 5.41) is 1.88. The minimum absolute atomic E-state index is 0.0139. The molecule has 0 spiro atoms. The quantitative estimate of drug-likeness (QED) is 0.345. The molecule has 4 heteroatoms. The van der Waals surface area contributed by atoms with E-state index in [1.54, 1.807) is 33.5 Å². The highest BCUT2D eigenvalue weighted by Crippen LogP contribution is 2.43. The normalized spacial score (nSPS) is 9.26. The molecule has 4 nitrogen and oxygen atoms in total. The molecule has 0 aliphatic rings. The maximum atomic E-state index is 11.0. The molecule has 0 unspecified atom stereocenters. The van der Waals surface area contributed by atoms with Gasteiger partial charge in [0, 0.05) is 5.39 Å². The van der Waals surface area contributed by atoms with Gasteiger partial charge in [-0.1, -0.05) is 106 Å². The predicted molar refractivity (Wildman–Crippen MR) is 156 cm³/mol. The van der Waals surface area contributed by atoms with Crippen LogP contribution in [0.5, 0.6) is 17.2 Å². The lowest BCUT2D eigenvalue weighted by atomic mass is 10.0. The second kappa shape index (κ2) is 26.1. The molecular weight excluding hydrogens is 436 g/mol. The van der Waals surface area contributed by atoms with E-state index >= 15 is 0 Å². The van der Waals surface area contributed by atoms with Crippen molar-refractivity contribution < 1.29 is 19.0 Å². The first kappa shape index (κ1) is 37.1. The minimum Gasteiger partial charge on any atom is -0.493 e. The first-order chi connectivity index (χ1) is 16.8. The van der Waals surface area contributed by atoms with E-state index in [1.165, 1.54) is 45.4 Å². The molecule has 202 valence electrons. The van der Waals surface area contributed by atoms with Crippen molar-refractivity contribution in [3.8, 4) is 17.2 Å². The Hall–Kier alpha value is -2.49. The van der Waals surface area contributed by atoms with Crippen molar-refractivity contribution in [1.82, 2.24) is 0 Å². The van der Waals surface area contributed by atoms with Gasteiger partial charge in [0.2, 0.25) is 5.75 Å². The lowest BCUT2D eigenvalue weighted by Gasteiger charge is -2.15. The van der Waals surface area contributed by atoms with Gasteiger partial charge in [-0.25, -0.2) is 0 Å². The number of ketones is 1. The van der Waals surface area contributed by atoms with Crippen LogP contribution in [0.1, 0.15) is 106 Å². The van der Waals surface area contributed by atoms with Gasteiger partial charge in [0.1, 0.15) is 0 Å². The first-order valence-electron chi connectivity index (χ1n) is 13.3. The second-order valence-corrected chi connectivity index (χ2v) is 7.63. The summed E-state index contributed by atoms with van der Waals surface area (Å²) in [4.78, 5) is 11.0. The van der Waals surface area contributed by atoms with Crippen molar-refractivity contribution in [2.24, 2.45) is 0 Å². The van der Waals surface area contributed by atoms with Crippen LogP contribution >= 0.6 is 0 Å². The lowest BCUT2D eigenvalue weighted by Crippen LogP contribution is -1.96. The third-order valence-corrected chi connectivity index (χ3v) is 4.38. The van der Waals surface area contributed by atoms with Gasteiger partial charge in [0.25, 0.3) is 0 Å². The standard InChI is InChI=1S/C17H18O4.C5H12.C4H10.C3H8.C2H6/c1-11(18)5-6-12-7-8-14-13(9-12)10-15(19-2)17(21-4)16(14)20-3;1-3-5-4-2;1-3-4-2;1-3-2;1-2/h5-10H,1-4H3;3-5H2,1-2H3;3-4H2,1-2H3;3H2,1-2H3;1-2H3/b6-5+;;;;. The summed E-state index contributed by atoms with van der Waals surface area (Å²) in [5.41, 5.74) is 0.937. The van der Waals surface area contributed by atoms with Gasteiger partial charge < -0.3 is 14.2 Å². The zero-order valence-electron chi connectivity index (χ0n) is 24.8. The van der Waals surface area contributed by atoms with Crippen LogP contribution in [0.2, 0.25) is 0 Å². The zero-order chi connectivity index (χ0) is 27.6. The number of benzene rings is 2. The van der Waals surface area contributed by atoms with Crippen LogP contribution in [-0.4, -0.2) is 27.1 Å². The van der Waals surface area contributed by atoms with Gasteiger partial charge in [0.05, 0.1) is 21.3 Å². The van der Waals surface area contributed by atoms with E-state index < -0.39 is 0 Å². The number of fused-ring (bicyclic) bond motifs is 1. The van der Waals surface area contributed by atoms with Gasteiger partial charge in [-0.2, -0.15) is 0 Å². The highest BCUT2D eigenvalue weighted by Gasteiger charge is 2.15. The summed E-state index contributed by atoms with van der Waals surface area (Å²) in [5.74, 6) is 1.82. The summed E-state index contributed by atoms with van der Waals surface area (Å²) in [7, 11) is 4.76. The molecule has 0 amide bonds. The van der Waals surface area contributed by atoms with Crippen molar-refractivity contribution in [1.29, 1.82) is 0 Å². The fraction of sp³-hybridized carbons (Fsp3) is 0.581. The Morgan fingerprint density at radius 2 is 1.29 bits per heavy atom. The van der Waals surface area contributed by atoms with Crippen molar-refractivity contribution in [3.05, 3.63) is 35.9 Å². The molecule has 0 atom stereocenters. The van der Waals surface area contributed by atoms with Crippen LogP contribution in [-0.2, 0) is 4.79 Å². The van der Waals surface area contributed by atoms with E-state index in [4.69, 9.17) is 14.2 Å². The van der Waals surface area contributed by atoms with E-state index in [-0.39, 0.29) is 5.78 Å². The highest BCUT2D eigenvalue weighted by atomic mass is 16.5. The number of hydrogen-bond donors (Lipinski definition) is 0. The maximum Gasteiger partial charge on any atom is 0.203 e. The lowest BCUT2D eigenvalue weighted by molar-refractivity contribution is -0.112. The molecular formula is C31H54O4. The van der Waals surface area contributed by atoms with Crippen molar-refractivity contribution in [2.75, 3.05) is 21.3 Å². The Morgan fingerprint density at radius 3 is 1.63 bits per heavy atom. The van der Waals surface area contributed by atoms with Crippen LogP contribution in [0.4, 0.5) is 0 Å². The molecule has 0 saturated carbocycles. The second-order valence-electron chi connectivity index (χ2n) is 7.63. The molecule has 0 aliphatic carbocycles. The monoisotopic (exact) mass is 490 g/mol. The molecule has 0 saturated heterocycles. The van der Waals surface area contributed by atoms with Gasteiger partial charge >= 0.3 is 0 Å². The Labute approximate surface area is 217 Å². The summed E-state index contributed by atoms with van der Waals surface area (Å²) >= 11 is 0. The molecule has 0 aliphatic heterocycles. The SMILES string of the molecule is CC.CCC.CCCC.CCCCC.COc1cc2cc(/C=C/C(C)=O)ccc2c(OC)c1OC. The topological polar surface area (TPSA) is 44.8 Å². The van der Waals surface area contributed by atoms with Crippen molar-refractivity contribution in [3.63, 3.8) is 0 Å². The van der Waals surface area contributed by atoms with Crippen LogP contribution in [0.25, 0.3) is 16.8 Å². The molecule has 0 bridgehead atoms. The highest BCUT2D eigenvalue weighted by molar-refractivity contribution is 5.96. The van der Waals surface area contributed by atoms with E-state index in [2.05, 4.69) is 41.5 Å². The summed E-state index contributed by atoms with van der Waals surface area (Å²) in [6, 6.07) is 7.73. The van der Waals surface area contributed by atoms with E-state index in [1.807, 2.05) is 38.1 Å². The molecule has 2 aromatic carbocycles. The molecule has 35 heavy (non-hydrogen) atoms. The Balaban J connectivity index is -0.000000606. The number of rotatable bonds is 8. The molecule has 0 fully saturated rings. The van der Waals surface area contributed by atoms with Crippen molar-refractivity contribution >= 4 is 22.6 Å². The fourth-order valence-electron chi connectivity index (χ4n) is 2.57. The van der Waals surface area contributed by atoms with Gasteiger partial charge in [-0.15, -0.1) is 0 Å². The molecule has 0 radical (unpaired) electrons. The number of methoxy groups -OCH3 is 3. The average Bonchev–Trinajstić information content (AvgIpc) is 2.88. The Kier molecular flexibility index (Phi) is 27.7. The molecule has 0 aromatic heterocycles. The fourth-order valence-corrected chi connectivity index (χ4v) is 2.57. The largest absolute Gasteiger partial charge is 0.493 e. The van der Waals surface area contributed by atoms with Crippen LogP contribution in [0, 0.1) is 0 Å². The van der Waals surface area contributed by atoms with Crippen LogP contribution < -0.4 is 14.2 Å². The van der Waals surface area contributed by atoms with Crippen LogP contribution in [0.15, 0.2) is 30.3 Å². The smallest absolute Gasteiger partial charge is 0.203 e. The Bertz CT molecular complexity index is 790. The third kappa shape index (κ3) is 16.7. The summed E-state index contributed by atoms with van der Waals surface area (Å²) in [6.45, 7) is 18.6. The molecule has 2 aromatic rings. The third-order valence-electron chi connectivity index (χ3n) is 4.38. The Morgan fingerprint density at radius 1 is 0.771 bits per heavy atom. The number of carbonyl (C=O) groups is 1. The maximum absolute atomic E-state index is 11.0. The molecule has 0 N–H and O–H groups in total. The number of ether oxygens (including phenoxy) is 3. The minimum atomic E-state index is 0.0139. The van der Waals surface area contributed by atoms with Gasteiger partial charge in [-0.05, 0) is 42.1 Å². The van der Waals surface area contributed by atoms with Crippen molar-refractivity contribution in [2.45, 2.75) is 101 Å². The van der Waals surface area contributed by atoms with Crippen LogP contribution in [0.3, 0.4) is 0 Å². The van der Waals surface area contributed by atoms with E-state index in [0.29, 0.717) is 17.2 Å². The summed E-state index contributed by atoms with van der Waals surface area (Å²) < 4.78 is 16.2. The van der Waals surface area contributed by atoms with E-state index in [0.717, 1.165) is 16.3 Å². The van der Waals surface area contributed by atoms with E-state index in [9.17, 15) is 4.79 Å². The number of allylic oxidation sites excluding steroid dienone is 1. The molecule has 0 heterocycles. The number of hydrogen-bond acceptors (Lipinski definition) is 4.